The maximum absolute atomic E-state index is 12.4. The SMILES string of the molecule is CCn1cnc2c(c1=O)CCN(CC(=O)NCc1cccc(COC(C)C)c1)C2. The van der Waals surface area contributed by atoms with Crippen molar-refractivity contribution in [2.24, 2.45) is 0 Å². The molecule has 1 aliphatic rings. The van der Waals surface area contributed by atoms with Crippen LogP contribution >= 0.6 is 0 Å². The molecule has 2 heterocycles. The van der Waals surface area contributed by atoms with E-state index in [-0.39, 0.29) is 17.6 Å². The number of hydrogen-bond acceptors (Lipinski definition) is 5. The van der Waals surface area contributed by atoms with Gasteiger partial charge in [0.15, 0.2) is 0 Å². The van der Waals surface area contributed by atoms with Crippen molar-refractivity contribution in [3.05, 3.63) is 63.3 Å². The summed E-state index contributed by atoms with van der Waals surface area (Å²) in [7, 11) is 0. The zero-order chi connectivity index (χ0) is 20.8. The largest absolute Gasteiger partial charge is 0.374 e. The summed E-state index contributed by atoms with van der Waals surface area (Å²) in [6, 6.07) is 8.07. The van der Waals surface area contributed by atoms with Gasteiger partial charge in [-0.2, -0.15) is 0 Å². The van der Waals surface area contributed by atoms with E-state index < -0.39 is 0 Å². The highest BCUT2D eigenvalue weighted by molar-refractivity contribution is 5.78. The van der Waals surface area contributed by atoms with E-state index in [4.69, 9.17) is 4.74 Å². The fraction of sp³-hybridized carbons (Fsp3) is 0.500. The lowest BCUT2D eigenvalue weighted by atomic mass is 10.1. The summed E-state index contributed by atoms with van der Waals surface area (Å²) in [5, 5.41) is 2.98. The van der Waals surface area contributed by atoms with E-state index in [1.807, 2.05) is 43.9 Å². The molecule has 7 heteroatoms. The van der Waals surface area contributed by atoms with E-state index in [1.54, 1.807) is 10.9 Å². The van der Waals surface area contributed by atoms with Crippen LogP contribution in [0.5, 0.6) is 0 Å². The molecule has 1 amide bonds. The Balaban J connectivity index is 1.51. The predicted octanol–water partition coefficient (Wildman–Crippen LogP) is 1.86. The zero-order valence-electron chi connectivity index (χ0n) is 17.5. The summed E-state index contributed by atoms with van der Waals surface area (Å²) in [6.45, 7) is 9.15. The standard InChI is InChI=1S/C22H30N4O3/c1-4-26-15-24-20-12-25(9-8-19(20)22(26)28)13-21(27)23-11-17-6-5-7-18(10-17)14-29-16(2)3/h5-7,10,15-16H,4,8-9,11-14H2,1-3H3,(H,23,27). The van der Waals surface area contributed by atoms with Crippen LogP contribution in [0.15, 0.2) is 35.4 Å². The normalized spacial score (nSPS) is 14.1. The molecule has 0 spiro atoms. The molecule has 29 heavy (non-hydrogen) atoms. The Morgan fingerprint density at radius 3 is 2.86 bits per heavy atom. The fourth-order valence-electron chi connectivity index (χ4n) is 3.43. The van der Waals surface area contributed by atoms with Gasteiger partial charge < -0.3 is 10.1 Å². The van der Waals surface area contributed by atoms with Gasteiger partial charge in [-0.3, -0.25) is 19.1 Å². The molecule has 156 valence electrons. The van der Waals surface area contributed by atoms with Gasteiger partial charge in [-0.15, -0.1) is 0 Å². The van der Waals surface area contributed by atoms with Crippen LogP contribution < -0.4 is 10.9 Å². The van der Waals surface area contributed by atoms with Gasteiger partial charge in [0, 0.05) is 31.7 Å². The molecule has 0 radical (unpaired) electrons. The third-order valence-electron chi connectivity index (χ3n) is 5.04. The molecule has 0 atom stereocenters. The van der Waals surface area contributed by atoms with Crippen LogP contribution in [-0.2, 0) is 42.2 Å². The number of rotatable bonds is 8. The Kier molecular flexibility index (Phi) is 7.17. The molecule has 1 aromatic heterocycles. The van der Waals surface area contributed by atoms with Gasteiger partial charge in [0.05, 0.1) is 31.3 Å². The number of aryl methyl sites for hydroxylation is 1. The highest BCUT2D eigenvalue weighted by atomic mass is 16.5. The van der Waals surface area contributed by atoms with Crippen molar-refractivity contribution >= 4 is 5.91 Å². The number of nitrogens with one attached hydrogen (secondary N) is 1. The number of nitrogens with zero attached hydrogens (tertiary/aromatic N) is 3. The molecule has 2 aromatic rings. The van der Waals surface area contributed by atoms with E-state index >= 15 is 0 Å². The summed E-state index contributed by atoms with van der Waals surface area (Å²) < 4.78 is 7.26. The molecule has 1 aliphatic heterocycles. The van der Waals surface area contributed by atoms with Gasteiger partial charge >= 0.3 is 0 Å². The van der Waals surface area contributed by atoms with E-state index in [1.165, 1.54) is 0 Å². The van der Waals surface area contributed by atoms with Crippen LogP contribution in [0.1, 0.15) is 43.2 Å². The van der Waals surface area contributed by atoms with Crippen LogP contribution in [0.25, 0.3) is 0 Å². The quantitative estimate of drug-likeness (QED) is 0.735. The number of hydrogen-bond donors (Lipinski definition) is 1. The van der Waals surface area contributed by atoms with Gasteiger partial charge in [-0.05, 0) is 38.3 Å². The Hall–Kier alpha value is -2.51. The molecule has 1 N–H and O–H groups in total. The second kappa shape index (κ2) is 9.80. The van der Waals surface area contributed by atoms with Gasteiger partial charge in [-0.25, -0.2) is 4.98 Å². The van der Waals surface area contributed by atoms with Crippen molar-refractivity contribution in [2.45, 2.75) is 59.5 Å². The van der Waals surface area contributed by atoms with E-state index in [9.17, 15) is 9.59 Å². The average molecular weight is 399 g/mol. The topological polar surface area (TPSA) is 76.5 Å². The Bertz CT molecular complexity index is 907. The minimum absolute atomic E-state index is 0.0285. The summed E-state index contributed by atoms with van der Waals surface area (Å²) in [5.41, 5.74) is 3.77. The second-order valence-corrected chi connectivity index (χ2v) is 7.68. The minimum atomic E-state index is -0.0285. The molecule has 0 saturated heterocycles. The van der Waals surface area contributed by atoms with Crippen LogP contribution in [0.2, 0.25) is 0 Å². The molecule has 1 aromatic carbocycles. The van der Waals surface area contributed by atoms with Crippen LogP contribution in [0, 0.1) is 0 Å². The Labute approximate surface area is 171 Å². The maximum atomic E-state index is 12.4. The second-order valence-electron chi connectivity index (χ2n) is 7.68. The van der Waals surface area contributed by atoms with Gasteiger partial charge in [0.25, 0.3) is 5.56 Å². The first-order chi connectivity index (χ1) is 14.0. The van der Waals surface area contributed by atoms with Crippen molar-refractivity contribution in [3.63, 3.8) is 0 Å². The summed E-state index contributed by atoms with van der Waals surface area (Å²) >= 11 is 0. The first kappa shape index (κ1) is 21.2. The van der Waals surface area contributed by atoms with Crippen molar-refractivity contribution in [1.82, 2.24) is 19.8 Å². The molecular formula is C22H30N4O3. The minimum Gasteiger partial charge on any atom is -0.374 e. The monoisotopic (exact) mass is 398 g/mol. The van der Waals surface area contributed by atoms with Crippen LogP contribution in [0.3, 0.4) is 0 Å². The molecule has 7 nitrogen and oxygen atoms in total. The lowest BCUT2D eigenvalue weighted by molar-refractivity contribution is -0.122. The third kappa shape index (κ3) is 5.74. The molecule has 0 saturated carbocycles. The van der Waals surface area contributed by atoms with Crippen LogP contribution in [-0.4, -0.2) is 39.6 Å². The molecule has 0 unspecified atom stereocenters. The molecule has 3 rings (SSSR count). The predicted molar refractivity (Wildman–Crippen MR) is 111 cm³/mol. The zero-order valence-corrected chi connectivity index (χ0v) is 17.5. The number of benzene rings is 1. The lowest BCUT2D eigenvalue weighted by Crippen LogP contribution is -2.42. The summed E-state index contributed by atoms with van der Waals surface area (Å²) in [5.74, 6) is -0.0285. The van der Waals surface area contributed by atoms with Crippen molar-refractivity contribution in [2.75, 3.05) is 13.1 Å². The summed E-state index contributed by atoms with van der Waals surface area (Å²) in [4.78, 5) is 31.2. The highest BCUT2D eigenvalue weighted by Crippen LogP contribution is 2.13. The molecule has 0 bridgehead atoms. The van der Waals surface area contributed by atoms with Gasteiger partial charge in [0.2, 0.25) is 5.91 Å². The number of amides is 1. The van der Waals surface area contributed by atoms with E-state index in [0.29, 0.717) is 45.8 Å². The van der Waals surface area contributed by atoms with Crippen molar-refractivity contribution < 1.29 is 9.53 Å². The Morgan fingerprint density at radius 2 is 2.10 bits per heavy atom. The molecule has 0 aliphatic carbocycles. The first-order valence-corrected chi connectivity index (χ1v) is 10.2. The number of ether oxygens (including phenoxy) is 1. The van der Waals surface area contributed by atoms with Crippen LogP contribution in [0.4, 0.5) is 0 Å². The van der Waals surface area contributed by atoms with Crippen molar-refractivity contribution in [3.8, 4) is 0 Å². The smallest absolute Gasteiger partial charge is 0.256 e. The summed E-state index contributed by atoms with van der Waals surface area (Å²) in [6.07, 6.45) is 2.42. The number of carbonyl (C=O) groups is 1. The van der Waals surface area contributed by atoms with E-state index in [0.717, 1.165) is 22.4 Å². The van der Waals surface area contributed by atoms with E-state index in [2.05, 4.69) is 16.4 Å². The highest BCUT2D eigenvalue weighted by Gasteiger charge is 2.22. The molecule has 0 fully saturated rings. The van der Waals surface area contributed by atoms with Crippen molar-refractivity contribution in [1.29, 1.82) is 0 Å². The van der Waals surface area contributed by atoms with Gasteiger partial charge in [0.1, 0.15) is 0 Å². The Morgan fingerprint density at radius 1 is 1.31 bits per heavy atom. The fourth-order valence-corrected chi connectivity index (χ4v) is 3.43. The number of carbonyl (C=O) groups excluding carboxylic acids is 1. The number of fused-ring (bicyclic) bond motifs is 1. The lowest BCUT2D eigenvalue weighted by Gasteiger charge is -2.27. The molecular weight excluding hydrogens is 368 g/mol. The third-order valence-corrected chi connectivity index (χ3v) is 5.04. The van der Waals surface area contributed by atoms with Gasteiger partial charge in [-0.1, -0.05) is 24.3 Å². The average Bonchev–Trinajstić information content (AvgIpc) is 2.71. The number of aromatic nitrogens is 2. The maximum Gasteiger partial charge on any atom is 0.256 e. The first-order valence-electron chi connectivity index (χ1n) is 10.2.